The molecule has 5 rings (SSSR count). The van der Waals surface area contributed by atoms with Crippen LogP contribution in [0.2, 0.25) is 5.02 Å². The Morgan fingerprint density at radius 3 is 1.76 bits per heavy atom. The van der Waals surface area contributed by atoms with Gasteiger partial charge in [0, 0.05) is 49.2 Å². The highest BCUT2D eigenvalue weighted by atomic mass is 35.5. The van der Waals surface area contributed by atoms with Crippen LogP contribution in [0.5, 0.6) is 0 Å². The molecule has 4 aromatic rings. The van der Waals surface area contributed by atoms with E-state index in [1.807, 2.05) is 102 Å². The van der Waals surface area contributed by atoms with Crippen molar-refractivity contribution in [3.8, 4) is 11.1 Å². The number of hydrogen-bond acceptors (Lipinski definition) is 4. The van der Waals surface area contributed by atoms with Gasteiger partial charge < -0.3 is 9.80 Å². The van der Waals surface area contributed by atoms with Crippen molar-refractivity contribution in [2.45, 2.75) is 5.92 Å². The molecule has 0 N–H and O–H groups in total. The third-order valence-corrected chi connectivity index (χ3v) is 6.45. The van der Waals surface area contributed by atoms with Crippen molar-refractivity contribution < 1.29 is 4.79 Å². The molecule has 1 aromatic heterocycles. The highest BCUT2D eigenvalue weighted by Crippen LogP contribution is 2.28. The fraction of sp³-hybridized carbons (Fsp3) is 0.179. The number of halogens is 1. The standard InChI is InChI=1S/C28H25ClN4O/c29-25-13-11-21(12-14-25)24-19-30-28(31-20-24)33-17-15-32(16-18-33)27(34)26(22-7-3-1-4-8-22)23-9-5-2-6-10-23/h1-14,19-20,26H,15-18H2. The lowest BCUT2D eigenvalue weighted by molar-refractivity contribution is -0.132. The average molecular weight is 469 g/mol. The lowest BCUT2D eigenvalue weighted by atomic mass is 9.90. The fourth-order valence-electron chi connectivity index (χ4n) is 4.35. The second-order valence-electron chi connectivity index (χ2n) is 8.35. The van der Waals surface area contributed by atoms with E-state index in [0.29, 0.717) is 37.1 Å². The molecule has 170 valence electrons. The van der Waals surface area contributed by atoms with Gasteiger partial charge in [-0.25, -0.2) is 9.97 Å². The van der Waals surface area contributed by atoms with E-state index in [9.17, 15) is 4.79 Å². The minimum atomic E-state index is -0.302. The maximum atomic E-state index is 13.6. The Kier molecular flexibility index (Phi) is 6.54. The number of rotatable bonds is 5. The van der Waals surface area contributed by atoms with E-state index in [-0.39, 0.29) is 11.8 Å². The summed E-state index contributed by atoms with van der Waals surface area (Å²) < 4.78 is 0. The zero-order valence-corrected chi connectivity index (χ0v) is 19.5. The fourth-order valence-corrected chi connectivity index (χ4v) is 4.48. The zero-order valence-electron chi connectivity index (χ0n) is 18.7. The lowest BCUT2D eigenvalue weighted by Gasteiger charge is -2.36. The van der Waals surface area contributed by atoms with Crippen molar-refractivity contribution >= 4 is 23.5 Å². The van der Waals surface area contributed by atoms with Gasteiger partial charge in [0.05, 0.1) is 5.92 Å². The molecule has 0 saturated carbocycles. The Hall–Kier alpha value is -3.70. The van der Waals surface area contributed by atoms with Crippen LogP contribution in [0.25, 0.3) is 11.1 Å². The SMILES string of the molecule is O=C(C(c1ccccc1)c1ccccc1)N1CCN(c2ncc(-c3ccc(Cl)cc3)cn2)CC1. The molecule has 1 saturated heterocycles. The van der Waals surface area contributed by atoms with Crippen LogP contribution in [0.15, 0.2) is 97.3 Å². The number of piperazine rings is 1. The highest BCUT2D eigenvalue weighted by Gasteiger charge is 2.30. The molecule has 1 aliphatic rings. The van der Waals surface area contributed by atoms with Crippen LogP contribution < -0.4 is 4.90 Å². The number of carbonyl (C=O) groups is 1. The van der Waals surface area contributed by atoms with Gasteiger partial charge in [0.1, 0.15) is 0 Å². The Morgan fingerprint density at radius 1 is 0.706 bits per heavy atom. The summed E-state index contributed by atoms with van der Waals surface area (Å²) in [6.07, 6.45) is 3.67. The van der Waals surface area contributed by atoms with Crippen molar-refractivity contribution in [2.24, 2.45) is 0 Å². The van der Waals surface area contributed by atoms with Crippen LogP contribution in [0.1, 0.15) is 17.0 Å². The number of carbonyl (C=O) groups excluding carboxylic acids is 1. The van der Waals surface area contributed by atoms with Crippen LogP contribution in [0.4, 0.5) is 5.95 Å². The molecule has 2 heterocycles. The van der Waals surface area contributed by atoms with E-state index in [1.54, 1.807) is 0 Å². The Balaban J connectivity index is 1.27. The molecule has 1 aliphatic heterocycles. The van der Waals surface area contributed by atoms with Crippen LogP contribution in [0, 0.1) is 0 Å². The summed E-state index contributed by atoms with van der Waals surface area (Å²) in [7, 11) is 0. The largest absolute Gasteiger partial charge is 0.338 e. The minimum absolute atomic E-state index is 0.135. The first-order valence-electron chi connectivity index (χ1n) is 11.4. The molecule has 1 fully saturated rings. The van der Waals surface area contributed by atoms with Crippen LogP contribution in [0.3, 0.4) is 0 Å². The first-order chi connectivity index (χ1) is 16.7. The predicted molar refractivity (Wildman–Crippen MR) is 136 cm³/mol. The summed E-state index contributed by atoms with van der Waals surface area (Å²) >= 11 is 5.98. The number of amides is 1. The third kappa shape index (κ3) is 4.80. The first kappa shape index (κ1) is 22.1. The van der Waals surface area contributed by atoms with Gasteiger partial charge in [-0.3, -0.25) is 4.79 Å². The molecule has 0 unspecified atom stereocenters. The van der Waals surface area contributed by atoms with Gasteiger partial charge in [0.2, 0.25) is 11.9 Å². The number of anilines is 1. The molecule has 0 atom stereocenters. The van der Waals surface area contributed by atoms with E-state index in [1.165, 1.54) is 0 Å². The molecule has 0 spiro atoms. The van der Waals surface area contributed by atoms with Gasteiger partial charge in [0.15, 0.2) is 0 Å². The summed E-state index contributed by atoms with van der Waals surface area (Å²) in [6, 6.07) is 27.7. The Morgan fingerprint density at radius 2 is 1.24 bits per heavy atom. The van der Waals surface area contributed by atoms with Crippen LogP contribution >= 0.6 is 11.6 Å². The van der Waals surface area contributed by atoms with Gasteiger partial charge in [0.25, 0.3) is 0 Å². The zero-order chi connectivity index (χ0) is 23.3. The summed E-state index contributed by atoms with van der Waals surface area (Å²) in [5.41, 5.74) is 4.01. The second-order valence-corrected chi connectivity index (χ2v) is 8.78. The number of nitrogens with zero attached hydrogens (tertiary/aromatic N) is 4. The van der Waals surface area contributed by atoms with Gasteiger partial charge in [-0.2, -0.15) is 0 Å². The van der Waals surface area contributed by atoms with E-state index in [4.69, 9.17) is 11.6 Å². The summed E-state index contributed by atoms with van der Waals surface area (Å²) in [4.78, 5) is 26.9. The van der Waals surface area contributed by atoms with E-state index in [2.05, 4.69) is 14.9 Å². The van der Waals surface area contributed by atoms with Crippen molar-refractivity contribution in [3.05, 3.63) is 113 Å². The highest BCUT2D eigenvalue weighted by molar-refractivity contribution is 6.30. The van der Waals surface area contributed by atoms with E-state index >= 15 is 0 Å². The minimum Gasteiger partial charge on any atom is -0.338 e. The molecule has 0 aliphatic carbocycles. The maximum absolute atomic E-state index is 13.6. The molecule has 3 aromatic carbocycles. The molecule has 6 heteroatoms. The average Bonchev–Trinajstić information content (AvgIpc) is 2.91. The molecular formula is C28H25ClN4O. The van der Waals surface area contributed by atoms with Gasteiger partial charge >= 0.3 is 0 Å². The summed E-state index contributed by atoms with van der Waals surface area (Å²) in [5, 5.41) is 0.704. The van der Waals surface area contributed by atoms with Crippen molar-refractivity contribution in [2.75, 3.05) is 31.1 Å². The van der Waals surface area contributed by atoms with Crippen molar-refractivity contribution in [3.63, 3.8) is 0 Å². The smallest absolute Gasteiger partial charge is 0.234 e. The van der Waals surface area contributed by atoms with E-state index < -0.39 is 0 Å². The number of aromatic nitrogens is 2. The van der Waals surface area contributed by atoms with Gasteiger partial charge in [-0.05, 0) is 28.8 Å². The summed E-state index contributed by atoms with van der Waals surface area (Å²) in [5.74, 6) is 0.521. The number of hydrogen-bond donors (Lipinski definition) is 0. The van der Waals surface area contributed by atoms with Crippen molar-refractivity contribution in [1.82, 2.24) is 14.9 Å². The van der Waals surface area contributed by atoms with Crippen molar-refractivity contribution in [1.29, 1.82) is 0 Å². The van der Waals surface area contributed by atoms with Crippen LogP contribution in [-0.2, 0) is 4.79 Å². The third-order valence-electron chi connectivity index (χ3n) is 6.20. The molecule has 5 nitrogen and oxygen atoms in total. The normalized spacial score (nSPS) is 13.8. The molecule has 0 radical (unpaired) electrons. The molecule has 1 amide bonds. The number of benzene rings is 3. The molecule has 34 heavy (non-hydrogen) atoms. The van der Waals surface area contributed by atoms with E-state index in [0.717, 1.165) is 22.3 Å². The van der Waals surface area contributed by atoms with Gasteiger partial charge in [-0.1, -0.05) is 84.4 Å². The molecular weight excluding hydrogens is 444 g/mol. The maximum Gasteiger partial charge on any atom is 0.234 e. The summed E-state index contributed by atoms with van der Waals surface area (Å²) in [6.45, 7) is 2.67. The van der Waals surface area contributed by atoms with Crippen LogP contribution in [-0.4, -0.2) is 47.0 Å². The quantitative estimate of drug-likeness (QED) is 0.400. The Bertz CT molecular complexity index is 1180. The monoisotopic (exact) mass is 468 g/mol. The van der Waals surface area contributed by atoms with Gasteiger partial charge in [-0.15, -0.1) is 0 Å². The lowest BCUT2D eigenvalue weighted by Crippen LogP contribution is -2.50. The predicted octanol–water partition coefficient (Wildman–Crippen LogP) is 5.28. The Labute approximate surface area is 204 Å². The molecule has 0 bridgehead atoms. The second kappa shape index (κ2) is 10.1. The topological polar surface area (TPSA) is 49.3 Å². The first-order valence-corrected chi connectivity index (χ1v) is 11.8.